The van der Waals surface area contributed by atoms with E-state index < -0.39 is 0 Å². The van der Waals surface area contributed by atoms with E-state index in [0.29, 0.717) is 6.04 Å². The van der Waals surface area contributed by atoms with E-state index in [0.717, 1.165) is 17.9 Å². The molecular weight excluding hydrogens is 212 g/mol. The molecule has 2 rings (SSSR count). The molecule has 1 aromatic rings. The fourth-order valence-electron chi connectivity index (χ4n) is 2.36. The first-order chi connectivity index (χ1) is 8.18. The van der Waals surface area contributed by atoms with E-state index in [2.05, 4.69) is 11.9 Å². The van der Waals surface area contributed by atoms with Gasteiger partial charge in [-0.3, -0.25) is 0 Å². The van der Waals surface area contributed by atoms with Crippen LogP contribution in [0, 0.1) is 0 Å². The zero-order valence-corrected chi connectivity index (χ0v) is 10.7. The van der Waals surface area contributed by atoms with Crippen LogP contribution in [0.1, 0.15) is 31.4 Å². The molecule has 94 valence electrons. The molecule has 1 saturated heterocycles. The highest BCUT2D eigenvalue weighted by molar-refractivity contribution is 5.35. The predicted molar refractivity (Wildman–Crippen MR) is 70.2 cm³/mol. The van der Waals surface area contributed by atoms with Crippen LogP contribution in [0.25, 0.3) is 0 Å². The first-order valence-corrected chi connectivity index (χ1v) is 6.36. The summed E-state index contributed by atoms with van der Waals surface area (Å²) in [4.78, 5) is 2.37. The van der Waals surface area contributed by atoms with Gasteiger partial charge in [-0.2, -0.15) is 0 Å². The van der Waals surface area contributed by atoms with Crippen LogP contribution in [0.15, 0.2) is 24.3 Å². The van der Waals surface area contributed by atoms with Crippen molar-refractivity contribution in [2.45, 2.75) is 31.8 Å². The van der Waals surface area contributed by atoms with Crippen LogP contribution in [0.5, 0.6) is 5.75 Å². The summed E-state index contributed by atoms with van der Waals surface area (Å²) in [5.41, 5.74) is 7.03. The number of benzene rings is 1. The summed E-state index contributed by atoms with van der Waals surface area (Å²) in [6.45, 7) is 3.94. The van der Waals surface area contributed by atoms with Gasteiger partial charge in [-0.05, 0) is 39.4 Å². The van der Waals surface area contributed by atoms with Gasteiger partial charge in [0.2, 0.25) is 0 Å². The van der Waals surface area contributed by atoms with Gasteiger partial charge in [-0.25, -0.2) is 0 Å². The number of rotatable bonds is 4. The minimum Gasteiger partial charge on any atom is -0.492 e. The molecule has 0 aliphatic carbocycles. The number of nitrogens with zero attached hydrogens (tertiary/aromatic N) is 1. The lowest BCUT2D eigenvalue weighted by Crippen LogP contribution is -2.30. The maximum absolute atomic E-state index is 5.94. The van der Waals surface area contributed by atoms with Crippen LogP contribution >= 0.6 is 0 Å². The largest absolute Gasteiger partial charge is 0.492 e. The second-order valence-corrected chi connectivity index (χ2v) is 4.91. The Morgan fingerprint density at radius 3 is 2.88 bits per heavy atom. The number of likely N-dealkylation sites (N-methyl/N-ethyl adjacent to an activating group) is 1. The fourth-order valence-corrected chi connectivity index (χ4v) is 2.36. The molecule has 1 aliphatic rings. The maximum Gasteiger partial charge on any atom is 0.124 e. The van der Waals surface area contributed by atoms with Gasteiger partial charge in [-0.1, -0.05) is 18.2 Å². The molecule has 0 bridgehead atoms. The fraction of sp³-hybridized carbons (Fsp3) is 0.571. The summed E-state index contributed by atoms with van der Waals surface area (Å²) in [5.74, 6) is 0.933. The summed E-state index contributed by atoms with van der Waals surface area (Å²) >= 11 is 0. The maximum atomic E-state index is 5.94. The molecule has 1 aromatic carbocycles. The summed E-state index contributed by atoms with van der Waals surface area (Å²) in [6, 6.07) is 8.63. The van der Waals surface area contributed by atoms with E-state index in [1.165, 1.54) is 19.4 Å². The molecule has 0 saturated carbocycles. The van der Waals surface area contributed by atoms with Gasteiger partial charge in [-0.15, -0.1) is 0 Å². The van der Waals surface area contributed by atoms with Crippen molar-refractivity contribution in [1.82, 2.24) is 4.90 Å². The molecule has 2 atom stereocenters. The quantitative estimate of drug-likeness (QED) is 0.868. The zero-order valence-electron chi connectivity index (χ0n) is 10.7. The average molecular weight is 234 g/mol. The van der Waals surface area contributed by atoms with Crippen molar-refractivity contribution in [1.29, 1.82) is 0 Å². The highest BCUT2D eigenvalue weighted by Crippen LogP contribution is 2.24. The van der Waals surface area contributed by atoms with Gasteiger partial charge in [0.15, 0.2) is 0 Å². The van der Waals surface area contributed by atoms with E-state index in [1.54, 1.807) is 0 Å². The molecule has 2 N–H and O–H groups in total. The Hall–Kier alpha value is -1.06. The Labute approximate surface area is 104 Å². The molecule has 3 nitrogen and oxygen atoms in total. The third kappa shape index (κ3) is 2.99. The second kappa shape index (κ2) is 5.52. The second-order valence-electron chi connectivity index (χ2n) is 4.91. The Morgan fingerprint density at radius 1 is 1.47 bits per heavy atom. The van der Waals surface area contributed by atoms with E-state index in [9.17, 15) is 0 Å². The standard InChI is InChI=1S/C14H22N2O/c1-11(15)13-7-3-4-8-14(13)17-10-12-6-5-9-16(12)2/h3-4,7-8,11-12H,5-6,9-10,15H2,1-2H3. The van der Waals surface area contributed by atoms with Crippen LogP contribution in [-0.2, 0) is 0 Å². The lowest BCUT2D eigenvalue weighted by molar-refractivity contribution is 0.196. The third-order valence-corrected chi connectivity index (χ3v) is 3.51. The molecule has 0 spiro atoms. The van der Waals surface area contributed by atoms with E-state index in [4.69, 9.17) is 10.5 Å². The van der Waals surface area contributed by atoms with Crippen molar-refractivity contribution in [2.75, 3.05) is 20.2 Å². The molecular formula is C14H22N2O. The molecule has 0 amide bonds. The Morgan fingerprint density at radius 2 is 2.24 bits per heavy atom. The van der Waals surface area contributed by atoms with Gasteiger partial charge in [0.25, 0.3) is 0 Å². The number of para-hydroxylation sites is 1. The van der Waals surface area contributed by atoms with Crippen LogP contribution in [0.2, 0.25) is 0 Å². The first-order valence-electron chi connectivity index (χ1n) is 6.36. The van der Waals surface area contributed by atoms with Gasteiger partial charge >= 0.3 is 0 Å². The van der Waals surface area contributed by atoms with Gasteiger partial charge in [0, 0.05) is 17.6 Å². The minimum atomic E-state index is 0.0208. The Kier molecular flexibility index (Phi) is 4.02. The van der Waals surface area contributed by atoms with Gasteiger partial charge < -0.3 is 15.4 Å². The van der Waals surface area contributed by atoms with Crippen molar-refractivity contribution >= 4 is 0 Å². The van der Waals surface area contributed by atoms with Gasteiger partial charge in [0.05, 0.1) is 0 Å². The highest BCUT2D eigenvalue weighted by Gasteiger charge is 2.21. The number of hydrogen-bond acceptors (Lipinski definition) is 3. The van der Waals surface area contributed by atoms with Crippen molar-refractivity contribution in [2.24, 2.45) is 5.73 Å². The van der Waals surface area contributed by atoms with Crippen LogP contribution in [0.3, 0.4) is 0 Å². The number of ether oxygens (including phenoxy) is 1. The monoisotopic (exact) mass is 234 g/mol. The molecule has 1 heterocycles. The van der Waals surface area contributed by atoms with Crippen molar-refractivity contribution < 1.29 is 4.74 Å². The molecule has 0 radical (unpaired) electrons. The predicted octanol–water partition coefficient (Wildman–Crippen LogP) is 2.18. The van der Waals surface area contributed by atoms with Gasteiger partial charge in [0.1, 0.15) is 12.4 Å². The lowest BCUT2D eigenvalue weighted by Gasteiger charge is -2.21. The van der Waals surface area contributed by atoms with Crippen LogP contribution in [-0.4, -0.2) is 31.1 Å². The highest BCUT2D eigenvalue weighted by atomic mass is 16.5. The summed E-state index contributed by atoms with van der Waals surface area (Å²) in [7, 11) is 2.17. The van der Waals surface area contributed by atoms with Crippen molar-refractivity contribution in [3.05, 3.63) is 29.8 Å². The van der Waals surface area contributed by atoms with Crippen molar-refractivity contribution in [3.63, 3.8) is 0 Å². The number of hydrogen-bond donors (Lipinski definition) is 1. The normalized spacial score (nSPS) is 22.6. The SMILES string of the molecule is CC(N)c1ccccc1OCC1CCCN1C. The minimum absolute atomic E-state index is 0.0208. The molecule has 1 fully saturated rings. The molecule has 2 unspecified atom stereocenters. The molecule has 3 heteroatoms. The third-order valence-electron chi connectivity index (χ3n) is 3.51. The van der Waals surface area contributed by atoms with Crippen molar-refractivity contribution in [3.8, 4) is 5.75 Å². The summed E-state index contributed by atoms with van der Waals surface area (Å²) < 4.78 is 5.93. The van der Waals surface area contributed by atoms with Crippen LogP contribution < -0.4 is 10.5 Å². The molecule has 1 aliphatic heterocycles. The van der Waals surface area contributed by atoms with Crippen LogP contribution in [0.4, 0.5) is 0 Å². The lowest BCUT2D eigenvalue weighted by atomic mass is 10.1. The summed E-state index contributed by atoms with van der Waals surface area (Å²) in [5, 5.41) is 0. The van der Waals surface area contributed by atoms with E-state index in [1.807, 2.05) is 31.2 Å². The number of nitrogens with two attached hydrogens (primary N) is 1. The number of likely N-dealkylation sites (tertiary alicyclic amines) is 1. The average Bonchev–Trinajstić information content (AvgIpc) is 2.72. The van der Waals surface area contributed by atoms with E-state index >= 15 is 0 Å². The smallest absolute Gasteiger partial charge is 0.124 e. The van der Waals surface area contributed by atoms with E-state index in [-0.39, 0.29) is 6.04 Å². The molecule has 17 heavy (non-hydrogen) atoms. The topological polar surface area (TPSA) is 38.5 Å². The first kappa shape index (κ1) is 12.4. The summed E-state index contributed by atoms with van der Waals surface area (Å²) in [6.07, 6.45) is 2.51. The Balaban J connectivity index is 1.98. The zero-order chi connectivity index (χ0) is 12.3. The Bertz CT molecular complexity index is 365. The molecule has 0 aromatic heterocycles.